The van der Waals surface area contributed by atoms with E-state index in [0.717, 1.165) is 22.7 Å². The van der Waals surface area contributed by atoms with Crippen LogP contribution in [0.3, 0.4) is 0 Å². The van der Waals surface area contributed by atoms with Crippen LogP contribution in [-0.4, -0.2) is 10.1 Å². The van der Waals surface area contributed by atoms with Gasteiger partial charge in [-0.2, -0.15) is 0 Å². The molecule has 90 valence electrons. The highest BCUT2D eigenvalue weighted by Gasteiger charge is 2.17. The summed E-state index contributed by atoms with van der Waals surface area (Å²) in [6, 6.07) is 9.81. The van der Waals surface area contributed by atoms with Gasteiger partial charge in [0.2, 0.25) is 0 Å². The average Bonchev–Trinajstić information content (AvgIpc) is 2.75. The summed E-state index contributed by atoms with van der Waals surface area (Å²) in [5.41, 5.74) is 2.04. The molecule has 2 aromatic rings. The highest BCUT2D eigenvalue weighted by atomic mass is 32.1. The molecule has 0 aliphatic carbocycles. The number of thiazole rings is 1. The molecule has 0 saturated carbocycles. The molecule has 2 rings (SSSR count). The number of aliphatic hydroxyl groups excluding tert-OH is 1. The molecule has 0 saturated heterocycles. The molecule has 3 heteroatoms. The van der Waals surface area contributed by atoms with Gasteiger partial charge in [-0.15, -0.1) is 11.3 Å². The van der Waals surface area contributed by atoms with Crippen LogP contribution in [0.2, 0.25) is 0 Å². The van der Waals surface area contributed by atoms with Crippen molar-refractivity contribution < 1.29 is 5.11 Å². The third-order valence-electron chi connectivity index (χ3n) is 2.84. The van der Waals surface area contributed by atoms with Gasteiger partial charge in [-0.3, -0.25) is 0 Å². The van der Waals surface area contributed by atoms with Crippen molar-refractivity contribution in [2.75, 3.05) is 0 Å². The van der Waals surface area contributed by atoms with Crippen LogP contribution in [-0.2, 0) is 6.42 Å². The topological polar surface area (TPSA) is 33.1 Å². The van der Waals surface area contributed by atoms with Gasteiger partial charge in [0, 0.05) is 17.5 Å². The second kappa shape index (κ2) is 5.43. The standard InChI is InChI=1S/C14H17NOS/c1-10(8-13-15-11(2)9-17-13)14(16)12-6-4-3-5-7-12/h3-7,9-10,14,16H,8H2,1-2H3. The summed E-state index contributed by atoms with van der Waals surface area (Å²) < 4.78 is 0. The fraction of sp³-hybridized carbons (Fsp3) is 0.357. The van der Waals surface area contributed by atoms with Crippen molar-refractivity contribution in [1.82, 2.24) is 4.98 Å². The molecular weight excluding hydrogens is 230 g/mol. The van der Waals surface area contributed by atoms with Crippen LogP contribution < -0.4 is 0 Å². The van der Waals surface area contributed by atoms with Crippen LogP contribution in [0.5, 0.6) is 0 Å². The first-order valence-corrected chi connectivity index (χ1v) is 6.69. The Balaban J connectivity index is 2.03. The zero-order valence-corrected chi connectivity index (χ0v) is 10.9. The van der Waals surface area contributed by atoms with Gasteiger partial charge in [0.1, 0.15) is 0 Å². The minimum absolute atomic E-state index is 0.183. The monoisotopic (exact) mass is 247 g/mol. The maximum Gasteiger partial charge on any atom is 0.0931 e. The third-order valence-corrected chi connectivity index (χ3v) is 3.83. The van der Waals surface area contributed by atoms with Crippen molar-refractivity contribution >= 4 is 11.3 Å². The fourth-order valence-corrected chi connectivity index (χ4v) is 2.78. The Kier molecular flexibility index (Phi) is 3.92. The molecule has 17 heavy (non-hydrogen) atoms. The normalized spacial score (nSPS) is 14.5. The van der Waals surface area contributed by atoms with Crippen LogP contribution in [0.4, 0.5) is 0 Å². The van der Waals surface area contributed by atoms with Gasteiger partial charge in [0.05, 0.1) is 11.1 Å². The molecule has 0 aliphatic heterocycles. The Morgan fingerprint density at radius 2 is 2.00 bits per heavy atom. The molecule has 0 spiro atoms. The van der Waals surface area contributed by atoms with Crippen molar-refractivity contribution in [3.05, 3.63) is 52.0 Å². The van der Waals surface area contributed by atoms with Gasteiger partial charge in [0.15, 0.2) is 0 Å². The second-order valence-corrected chi connectivity index (χ2v) is 5.36. The Bertz CT molecular complexity index is 466. The Labute approximate surface area is 106 Å². The molecule has 2 nitrogen and oxygen atoms in total. The van der Waals surface area contributed by atoms with Crippen LogP contribution >= 0.6 is 11.3 Å². The van der Waals surface area contributed by atoms with Crippen molar-refractivity contribution in [1.29, 1.82) is 0 Å². The number of aromatic nitrogens is 1. The molecule has 0 aliphatic rings. The number of nitrogens with zero attached hydrogens (tertiary/aromatic N) is 1. The van der Waals surface area contributed by atoms with E-state index in [0.29, 0.717) is 0 Å². The van der Waals surface area contributed by atoms with E-state index in [4.69, 9.17) is 0 Å². The van der Waals surface area contributed by atoms with Crippen molar-refractivity contribution in [2.45, 2.75) is 26.4 Å². The predicted molar refractivity (Wildman–Crippen MR) is 71.1 cm³/mol. The summed E-state index contributed by atoms with van der Waals surface area (Å²) in [6.07, 6.45) is 0.412. The minimum atomic E-state index is -0.416. The molecule has 0 radical (unpaired) electrons. The molecule has 1 aromatic heterocycles. The highest BCUT2D eigenvalue weighted by Crippen LogP contribution is 2.25. The molecule has 0 fully saturated rings. The minimum Gasteiger partial charge on any atom is -0.388 e. The smallest absolute Gasteiger partial charge is 0.0931 e. The van der Waals surface area contributed by atoms with E-state index in [1.54, 1.807) is 11.3 Å². The van der Waals surface area contributed by atoms with Crippen molar-refractivity contribution in [2.24, 2.45) is 5.92 Å². The van der Waals surface area contributed by atoms with Gasteiger partial charge in [-0.25, -0.2) is 4.98 Å². The van der Waals surface area contributed by atoms with E-state index in [-0.39, 0.29) is 5.92 Å². The largest absolute Gasteiger partial charge is 0.388 e. The van der Waals surface area contributed by atoms with E-state index in [9.17, 15) is 5.11 Å². The first-order chi connectivity index (χ1) is 8.16. The maximum absolute atomic E-state index is 10.2. The fourth-order valence-electron chi connectivity index (χ4n) is 1.86. The third kappa shape index (κ3) is 3.14. The lowest BCUT2D eigenvalue weighted by molar-refractivity contribution is 0.117. The lowest BCUT2D eigenvalue weighted by Gasteiger charge is -2.18. The summed E-state index contributed by atoms with van der Waals surface area (Å²) in [4.78, 5) is 4.43. The first kappa shape index (κ1) is 12.3. The van der Waals surface area contributed by atoms with Gasteiger partial charge in [0.25, 0.3) is 0 Å². The highest BCUT2D eigenvalue weighted by molar-refractivity contribution is 7.09. The number of aliphatic hydroxyl groups is 1. The summed E-state index contributed by atoms with van der Waals surface area (Å²) in [5.74, 6) is 0.183. The van der Waals surface area contributed by atoms with Crippen LogP contribution in [0.1, 0.15) is 29.3 Å². The Morgan fingerprint density at radius 3 is 2.59 bits per heavy atom. The Morgan fingerprint density at radius 1 is 1.29 bits per heavy atom. The molecule has 2 atom stereocenters. The maximum atomic E-state index is 10.2. The van der Waals surface area contributed by atoms with Gasteiger partial charge in [-0.05, 0) is 18.4 Å². The second-order valence-electron chi connectivity index (χ2n) is 4.42. The van der Waals surface area contributed by atoms with E-state index < -0.39 is 6.10 Å². The lowest BCUT2D eigenvalue weighted by atomic mass is 9.95. The van der Waals surface area contributed by atoms with Crippen molar-refractivity contribution in [3.63, 3.8) is 0 Å². The lowest BCUT2D eigenvalue weighted by Crippen LogP contribution is -2.11. The van der Waals surface area contributed by atoms with Crippen LogP contribution in [0.15, 0.2) is 35.7 Å². The average molecular weight is 247 g/mol. The van der Waals surface area contributed by atoms with Crippen LogP contribution in [0, 0.1) is 12.8 Å². The SMILES string of the molecule is Cc1csc(CC(C)C(O)c2ccccc2)n1. The molecular formula is C14H17NOS. The zero-order chi connectivity index (χ0) is 12.3. The summed E-state index contributed by atoms with van der Waals surface area (Å²) in [5, 5.41) is 13.4. The summed E-state index contributed by atoms with van der Waals surface area (Å²) in [6.45, 7) is 4.06. The molecule has 1 N–H and O–H groups in total. The molecule has 1 aromatic carbocycles. The number of hydrogen-bond donors (Lipinski definition) is 1. The van der Waals surface area contributed by atoms with E-state index in [1.165, 1.54) is 0 Å². The quantitative estimate of drug-likeness (QED) is 0.898. The number of aryl methyl sites for hydroxylation is 1. The molecule has 0 amide bonds. The van der Waals surface area contributed by atoms with Gasteiger partial charge < -0.3 is 5.11 Å². The van der Waals surface area contributed by atoms with Crippen molar-refractivity contribution in [3.8, 4) is 0 Å². The Hall–Kier alpha value is -1.19. The predicted octanol–water partition coefficient (Wildman–Crippen LogP) is 3.36. The first-order valence-electron chi connectivity index (χ1n) is 5.81. The molecule has 0 bridgehead atoms. The van der Waals surface area contributed by atoms with Gasteiger partial charge in [-0.1, -0.05) is 37.3 Å². The number of benzene rings is 1. The summed E-state index contributed by atoms with van der Waals surface area (Å²) >= 11 is 1.67. The molecule has 2 unspecified atom stereocenters. The molecule has 1 heterocycles. The summed E-state index contributed by atoms with van der Waals surface area (Å²) in [7, 11) is 0. The van der Waals surface area contributed by atoms with Crippen LogP contribution in [0.25, 0.3) is 0 Å². The van der Waals surface area contributed by atoms with Gasteiger partial charge >= 0.3 is 0 Å². The zero-order valence-electron chi connectivity index (χ0n) is 10.1. The van der Waals surface area contributed by atoms with E-state index in [2.05, 4.69) is 17.3 Å². The van der Waals surface area contributed by atoms with E-state index in [1.807, 2.05) is 37.3 Å². The number of rotatable bonds is 4. The van der Waals surface area contributed by atoms with E-state index >= 15 is 0 Å². The number of hydrogen-bond acceptors (Lipinski definition) is 3.